The number of methoxy groups -OCH3 is 1. The monoisotopic (exact) mass is 227 g/mol. The second kappa shape index (κ2) is 4.28. The van der Waals surface area contributed by atoms with E-state index in [-0.39, 0.29) is 17.8 Å². The smallest absolute Gasteiger partial charge is 0.273 e. The summed E-state index contributed by atoms with van der Waals surface area (Å²) >= 11 is 1.29. The van der Waals surface area contributed by atoms with Gasteiger partial charge < -0.3 is 9.47 Å². The molecule has 0 aliphatic carbocycles. The lowest BCUT2D eigenvalue weighted by Gasteiger charge is -2.02. The first-order chi connectivity index (χ1) is 7.20. The first-order valence-corrected chi connectivity index (χ1v) is 5.68. The summed E-state index contributed by atoms with van der Waals surface area (Å²) in [6.45, 7) is 2.51. The summed E-state index contributed by atoms with van der Waals surface area (Å²) in [6, 6.07) is 0. The number of hydrogen-bond acceptors (Lipinski definition) is 5. The van der Waals surface area contributed by atoms with Crippen molar-refractivity contribution in [2.45, 2.75) is 19.4 Å². The Hall–Kier alpha value is -0.940. The fraction of sp³-hybridized carbons (Fsp3) is 0.600. The zero-order valence-corrected chi connectivity index (χ0v) is 9.54. The Labute approximate surface area is 92.2 Å². The predicted molar refractivity (Wildman–Crippen MR) is 56.5 cm³/mol. The lowest BCUT2D eigenvalue weighted by Crippen LogP contribution is -2.13. The molecule has 15 heavy (non-hydrogen) atoms. The van der Waals surface area contributed by atoms with Gasteiger partial charge in [0.15, 0.2) is 5.78 Å². The highest BCUT2D eigenvalue weighted by Gasteiger charge is 2.30. The van der Waals surface area contributed by atoms with Gasteiger partial charge in [0, 0.05) is 5.92 Å². The minimum Gasteiger partial charge on any atom is -0.473 e. The summed E-state index contributed by atoms with van der Waals surface area (Å²) in [6.07, 6.45) is 2.57. The molecule has 0 bridgehead atoms. The molecule has 1 fully saturated rings. The van der Waals surface area contributed by atoms with Crippen molar-refractivity contribution in [2.75, 3.05) is 13.7 Å². The Morgan fingerprint density at radius 3 is 3.07 bits per heavy atom. The Kier molecular flexibility index (Phi) is 3.02. The van der Waals surface area contributed by atoms with Crippen molar-refractivity contribution in [3.63, 3.8) is 0 Å². The standard InChI is InChI=1S/C10H13NO3S/c1-6-3-7(5-14-6)9(12)8-4-11-10(13-2)15-8/h4,6-7H,3,5H2,1-2H3. The predicted octanol–water partition coefficient (Wildman–Crippen LogP) is 1.76. The highest BCUT2D eigenvalue weighted by atomic mass is 32.1. The molecule has 0 radical (unpaired) electrons. The number of carbonyl (C=O) groups is 1. The van der Waals surface area contributed by atoms with Crippen molar-refractivity contribution in [3.05, 3.63) is 11.1 Å². The maximum atomic E-state index is 12.0. The molecule has 5 heteroatoms. The van der Waals surface area contributed by atoms with Crippen molar-refractivity contribution < 1.29 is 14.3 Å². The van der Waals surface area contributed by atoms with Crippen molar-refractivity contribution in [3.8, 4) is 5.19 Å². The van der Waals surface area contributed by atoms with Crippen LogP contribution in [-0.2, 0) is 4.74 Å². The van der Waals surface area contributed by atoms with Gasteiger partial charge in [-0.15, -0.1) is 0 Å². The molecular formula is C10H13NO3S. The fourth-order valence-corrected chi connectivity index (χ4v) is 2.42. The van der Waals surface area contributed by atoms with Crippen LogP contribution in [0.3, 0.4) is 0 Å². The van der Waals surface area contributed by atoms with E-state index in [0.717, 1.165) is 6.42 Å². The molecule has 2 rings (SSSR count). The van der Waals surface area contributed by atoms with Crippen LogP contribution in [-0.4, -0.2) is 30.6 Å². The average molecular weight is 227 g/mol. The number of rotatable bonds is 3. The van der Waals surface area contributed by atoms with Crippen LogP contribution in [0.5, 0.6) is 5.19 Å². The lowest BCUT2D eigenvalue weighted by atomic mass is 10.0. The van der Waals surface area contributed by atoms with Gasteiger partial charge in [-0.1, -0.05) is 11.3 Å². The zero-order chi connectivity index (χ0) is 10.8. The van der Waals surface area contributed by atoms with Crippen LogP contribution in [0.2, 0.25) is 0 Å². The van der Waals surface area contributed by atoms with E-state index in [0.29, 0.717) is 16.7 Å². The highest BCUT2D eigenvalue weighted by Crippen LogP contribution is 2.27. The molecule has 0 N–H and O–H groups in total. The minimum absolute atomic E-state index is 0.00911. The Morgan fingerprint density at radius 1 is 1.73 bits per heavy atom. The van der Waals surface area contributed by atoms with Crippen molar-refractivity contribution in [2.24, 2.45) is 5.92 Å². The summed E-state index contributed by atoms with van der Waals surface area (Å²) in [5, 5.41) is 0.533. The van der Waals surface area contributed by atoms with Gasteiger partial charge in [0.05, 0.1) is 30.9 Å². The number of thiazole rings is 1. The average Bonchev–Trinajstić information content (AvgIpc) is 2.84. The van der Waals surface area contributed by atoms with E-state index >= 15 is 0 Å². The SMILES string of the molecule is COc1ncc(C(=O)C2COC(C)C2)s1. The summed E-state index contributed by atoms with van der Waals surface area (Å²) in [7, 11) is 1.55. The third-order valence-corrected chi connectivity index (χ3v) is 3.44. The van der Waals surface area contributed by atoms with E-state index in [1.807, 2.05) is 6.92 Å². The molecule has 1 aromatic rings. The van der Waals surface area contributed by atoms with Crippen LogP contribution in [0.1, 0.15) is 23.0 Å². The fourth-order valence-electron chi connectivity index (χ4n) is 1.67. The maximum Gasteiger partial charge on any atom is 0.273 e. The summed E-state index contributed by atoms with van der Waals surface area (Å²) < 4.78 is 10.3. The number of carbonyl (C=O) groups excluding carboxylic acids is 1. The molecule has 82 valence electrons. The number of nitrogens with zero attached hydrogens (tertiary/aromatic N) is 1. The van der Waals surface area contributed by atoms with E-state index in [9.17, 15) is 4.79 Å². The van der Waals surface area contributed by atoms with Gasteiger partial charge in [-0.2, -0.15) is 0 Å². The first-order valence-electron chi connectivity index (χ1n) is 4.86. The van der Waals surface area contributed by atoms with E-state index in [1.165, 1.54) is 11.3 Å². The van der Waals surface area contributed by atoms with Gasteiger partial charge in [-0.05, 0) is 13.3 Å². The van der Waals surface area contributed by atoms with Crippen molar-refractivity contribution in [1.29, 1.82) is 0 Å². The second-order valence-corrected chi connectivity index (χ2v) is 4.63. The quantitative estimate of drug-likeness (QED) is 0.738. The van der Waals surface area contributed by atoms with Crippen LogP contribution in [0.4, 0.5) is 0 Å². The van der Waals surface area contributed by atoms with Gasteiger partial charge in [-0.25, -0.2) is 4.98 Å². The van der Waals surface area contributed by atoms with Crippen molar-refractivity contribution >= 4 is 17.1 Å². The Morgan fingerprint density at radius 2 is 2.53 bits per heavy atom. The van der Waals surface area contributed by atoms with E-state index in [2.05, 4.69) is 4.98 Å². The molecule has 0 aromatic carbocycles. The topological polar surface area (TPSA) is 48.4 Å². The first kappa shape index (κ1) is 10.6. The number of Topliss-reactive ketones (excluding diaryl/α,β-unsaturated/α-hetero) is 1. The molecule has 1 aliphatic rings. The van der Waals surface area contributed by atoms with Crippen molar-refractivity contribution in [1.82, 2.24) is 4.98 Å². The van der Waals surface area contributed by atoms with Crippen LogP contribution in [0, 0.1) is 5.92 Å². The summed E-state index contributed by atoms with van der Waals surface area (Å²) in [4.78, 5) is 16.6. The number of ether oxygens (including phenoxy) is 2. The Bertz CT molecular complexity index is 363. The molecule has 0 saturated carbocycles. The van der Waals surface area contributed by atoms with Crippen LogP contribution >= 0.6 is 11.3 Å². The van der Waals surface area contributed by atoms with E-state index in [4.69, 9.17) is 9.47 Å². The molecule has 1 aromatic heterocycles. The molecule has 2 atom stereocenters. The number of ketones is 1. The van der Waals surface area contributed by atoms with Gasteiger partial charge in [0.1, 0.15) is 0 Å². The van der Waals surface area contributed by atoms with Gasteiger partial charge in [-0.3, -0.25) is 4.79 Å². The molecule has 1 aliphatic heterocycles. The molecule has 0 amide bonds. The summed E-state index contributed by atoms with van der Waals surface area (Å²) in [5.41, 5.74) is 0. The van der Waals surface area contributed by atoms with Gasteiger partial charge in [0.2, 0.25) is 0 Å². The lowest BCUT2D eigenvalue weighted by molar-refractivity contribution is 0.0881. The second-order valence-electron chi connectivity index (χ2n) is 3.64. The molecule has 4 nitrogen and oxygen atoms in total. The third kappa shape index (κ3) is 2.18. The number of aromatic nitrogens is 1. The highest BCUT2D eigenvalue weighted by molar-refractivity contribution is 7.15. The van der Waals surface area contributed by atoms with E-state index in [1.54, 1.807) is 13.3 Å². The third-order valence-electron chi connectivity index (χ3n) is 2.47. The van der Waals surface area contributed by atoms with Crippen LogP contribution < -0.4 is 4.74 Å². The zero-order valence-electron chi connectivity index (χ0n) is 8.73. The molecule has 1 saturated heterocycles. The Balaban J connectivity index is 2.07. The van der Waals surface area contributed by atoms with Crippen LogP contribution in [0.25, 0.3) is 0 Å². The molecular weight excluding hydrogens is 214 g/mol. The normalized spacial score (nSPS) is 25.5. The van der Waals surface area contributed by atoms with E-state index < -0.39 is 0 Å². The molecule has 2 heterocycles. The summed E-state index contributed by atoms with van der Waals surface area (Å²) in [5.74, 6) is 0.116. The van der Waals surface area contributed by atoms with Gasteiger partial charge >= 0.3 is 0 Å². The van der Waals surface area contributed by atoms with Crippen LogP contribution in [0.15, 0.2) is 6.20 Å². The largest absolute Gasteiger partial charge is 0.473 e. The number of hydrogen-bond donors (Lipinski definition) is 0. The minimum atomic E-state index is -0.00911. The molecule has 0 spiro atoms. The van der Waals surface area contributed by atoms with Gasteiger partial charge in [0.25, 0.3) is 5.19 Å². The maximum absolute atomic E-state index is 12.0. The molecule has 2 unspecified atom stereocenters.